The van der Waals surface area contributed by atoms with E-state index < -0.39 is 23.8 Å². The van der Waals surface area contributed by atoms with Gasteiger partial charge in [-0.3, -0.25) is 0 Å². The maximum atomic E-state index is 13.7. The van der Waals surface area contributed by atoms with Gasteiger partial charge in [-0.15, -0.1) is 13.2 Å². The number of likely N-dealkylation sites (N-methyl/N-ethyl adjacent to an activating group) is 1. The van der Waals surface area contributed by atoms with E-state index in [0.717, 1.165) is 59.1 Å². The molecular weight excluding hydrogens is 684 g/mol. The Hall–Kier alpha value is -4.64. The van der Waals surface area contributed by atoms with Crippen LogP contribution in [0.1, 0.15) is 62.8 Å². The van der Waals surface area contributed by atoms with Crippen LogP contribution in [0.15, 0.2) is 103 Å². The summed E-state index contributed by atoms with van der Waals surface area (Å²) < 4.78 is 26.3. The standard InChI is InChI=1S/C44H54N2O8/c1-5-7-25-51-43(49)46(3)40-29-38(45-50-4)36-27-32(16-10-12-22-47)35(17-11-13-23-48)41-37-28-34(53-33-19-18-30-14-8-9-15-31(30)26-33)20-21-39(37)54-44(40,42(36)41)52-24-6-2/h5-6,8-9,14-15,18-21,26-28,32,35,40-42,47-48H,1-2,7,10-13,16-17,22-25,29H2,3-4H3. The third-order valence-corrected chi connectivity index (χ3v) is 11.1. The number of unbranched alkanes of at least 4 members (excludes halogenated alkanes) is 2. The number of nitrogens with zero attached hydrogens (tertiary/aromatic N) is 2. The molecule has 54 heavy (non-hydrogen) atoms. The molecule has 0 saturated heterocycles. The summed E-state index contributed by atoms with van der Waals surface area (Å²) in [5.41, 5.74) is 2.67. The molecule has 6 unspecified atom stereocenters. The van der Waals surface area contributed by atoms with Gasteiger partial charge in [0.2, 0.25) is 5.79 Å². The SMILES string of the molecule is C=CCCOC(=O)N(C)C1CC(=NOC)C2=CC(CCCCO)C(CCCCO)C3c4cc(Oc5ccc6ccccc6c5)ccc4OC1(OCC=C)C23. The summed E-state index contributed by atoms with van der Waals surface area (Å²) in [6.07, 6.45) is 10.8. The normalized spacial score (nSPS) is 24.8. The second-order valence-corrected chi connectivity index (χ2v) is 14.4. The number of fused-ring (bicyclic) bond motifs is 3. The Kier molecular flexibility index (Phi) is 13.1. The van der Waals surface area contributed by atoms with Crippen LogP contribution in [0.25, 0.3) is 10.8 Å². The number of benzene rings is 3. The molecular formula is C44H54N2O8. The molecule has 1 saturated carbocycles. The molecule has 0 aromatic heterocycles. The summed E-state index contributed by atoms with van der Waals surface area (Å²) >= 11 is 0. The first-order valence-corrected chi connectivity index (χ1v) is 19.2. The van der Waals surface area contributed by atoms with Gasteiger partial charge in [-0.05, 0) is 90.6 Å². The molecule has 6 rings (SSSR count). The highest BCUT2D eigenvalue weighted by atomic mass is 16.7. The highest BCUT2D eigenvalue weighted by Gasteiger charge is 2.65. The van der Waals surface area contributed by atoms with E-state index in [-0.39, 0.29) is 44.2 Å². The van der Waals surface area contributed by atoms with Crippen molar-refractivity contribution >= 4 is 22.6 Å². The van der Waals surface area contributed by atoms with Gasteiger partial charge in [0.25, 0.3) is 0 Å². The number of hydrogen-bond donors (Lipinski definition) is 2. The lowest BCUT2D eigenvalue weighted by atomic mass is 9.55. The first-order valence-electron chi connectivity index (χ1n) is 19.2. The van der Waals surface area contributed by atoms with Crippen LogP contribution in [0, 0.1) is 17.8 Å². The summed E-state index contributed by atoms with van der Waals surface area (Å²) in [6, 6.07) is 19.6. The first kappa shape index (κ1) is 39.1. The van der Waals surface area contributed by atoms with Crippen LogP contribution in [0.5, 0.6) is 17.2 Å². The number of carbonyl (C=O) groups is 1. The van der Waals surface area contributed by atoms with Crippen LogP contribution in [0.2, 0.25) is 0 Å². The lowest BCUT2D eigenvalue weighted by Gasteiger charge is -2.59. The monoisotopic (exact) mass is 738 g/mol. The molecule has 3 aliphatic rings. The van der Waals surface area contributed by atoms with E-state index in [0.29, 0.717) is 37.2 Å². The third kappa shape index (κ3) is 8.06. The highest BCUT2D eigenvalue weighted by Crippen LogP contribution is 2.62. The van der Waals surface area contributed by atoms with Crippen molar-refractivity contribution in [3.05, 3.63) is 103 Å². The fourth-order valence-electron chi connectivity index (χ4n) is 8.73. The molecule has 288 valence electrons. The van der Waals surface area contributed by atoms with Crippen molar-refractivity contribution in [1.29, 1.82) is 0 Å². The van der Waals surface area contributed by atoms with Crippen LogP contribution in [0.3, 0.4) is 0 Å². The number of hydrogen-bond acceptors (Lipinski definition) is 9. The molecule has 1 fully saturated rings. The minimum atomic E-state index is -1.34. The Morgan fingerprint density at radius 3 is 2.46 bits per heavy atom. The Morgan fingerprint density at radius 1 is 0.981 bits per heavy atom. The zero-order valence-corrected chi connectivity index (χ0v) is 31.5. The number of aliphatic hydroxyl groups excluding tert-OH is 2. The summed E-state index contributed by atoms with van der Waals surface area (Å²) in [5.74, 6) is 0.360. The molecule has 2 N–H and O–H groups in total. The molecule has 0 spiro atoms. The maximum Gasteiger partial charge on any atom is 0.409 e. The van der Waals surface area contributed by atoms with Gasteiger partial charge < -0.3 is 38.9 Å². The van der Waals surface area contributed by atoms with Gasteiger partial charge in [-0.2, -0.15) is 0 Å². The maximum absolute atomic E-state index is 13.7. The van der Waals surface area contributed by atoms with Crippen LogP contribution < -0.4 is 9.47 Å². The summed E-state index contributed by atoms with van der Waals surface area (Å²) in [6.45, 7) is 8.34. The van der Waals surface area contributed by atoms with E-state index in [9.17, 15) is 15.0 Å². The van der Waals surface area contributed by atoms with Crippen molar-refractivity contribution in [2.75, 3.05) is 40.6 Å². The topological polar surface area (TPSA) is 119 Å². The zero-order valence-electron chi connectivity index (χ0n) is 31.5. The second-order valence-electron chi connectivity index (χ2n) is 14.4. The Balaban J connectivity index is 1.52. The molecule has 1 aliphatic heterocycles. The van der Waals surface area contributed by atoms with Gasteiger partial charge in [-0.25, -0.2) is 4.79 Å². The second kappa shape index (κ2) is 18.1. The number of carbonyl (C=O) groups excluding carboxylic acids is 1. The minimum absolute atomic E-state index is 0.0988. The van der Waals surface area contributed by atoms with Crippen LogP contribution in [0.4, 0.5) is 4.79 Å². The molecule has 1 amide bonds. The summed E-state index contributed by atoms with van der Waals surface area (Å²) in [4.78, 5) is 20.7. The predicted octanol–water partition coefficient (Wildman–Crippen LogP) is 8.54. The van der Waals surface area contributed by atoms with Gasteiger partial charge in [0.05, 0.1) is 24.8 Å². The smallest absolute Gasteiger partial charge is 0.409 e. The van der Waals surface area contributed by atoms with Crippen molar-refractivity contribution < 1.29 is 38.8 Å². The number of allylic oxidation sites excluding steroid dienone is 1. The van der Waals surface area contributed by atoms with E-state index >= 15 is 0 Å². The van der Waals surface area contributed by atoms with Crippen LogP contribution in [-0.4, -0.2) is 79.3 Å². The van der Waals surface area contributed by atoms with Crippen LogP contribution >= 0.6 is 0 Å². The summed E-state index contributed by atoms with van der Waals surface area (Å²) in [5, 5.41) is 26.4. The molecule has 10 heteroatoms. The predicted molar refractivity (Wildman–Crippen MR) is 210 cm³/mol. The molecule has 1 heterocycles. The van der Waals surface area contributed by atoms with Gasteiger partial charge in [0, 0.05) is 38.2 Å². The minimum Gasteiger partial charge on any atom is -0.459 e. The molecule has 3 aromatic rings. The van der Waals surface area contributed by atoms with E-state index in [2.05, 4.69) is 48.7 Å². The fourth-order valence-corrected chi connectivity index (χ4v) is 8.73. The molecule has 3 aromatic carbocycles. The van der Waals surface area contributed by atoms with Crippen molar-refractivity contribution in [2.45, 2.75) is 69.1 Å². The van der Waals surface area contributed by atoms with Gasteiger partial charge in [0.15, 0.2) is 0 Å². The Bertz CT molecular complexity index is 1840. The van der Waals surface area contributed by atoms with Crippen molar-refractivity contribution in [2.24, 2.45) is 22.9 Å². The van der Waals surface area contributed by atoms with E-state index in [1.807, 2.05) is 36.4 Å². The summed E-state index contributed by atoms with van der Waals surface area (Å²) in [7, 11) is 3.25. The number of rotatable bonds is 18. The van der Waals surface area contributed by atoms with E-state index in [4.69, 9.17) is 23.8 Å². The molecule has 2 aliphatic carbocycles. The Labute approximate surface area is 318 Å². The van der Waals surface area contributed by atoms with Gasteiger partial charge in [-0.1, -0.05) is 66.6 Å². The van der Waals surface area contributed by atoms with E-state index in [1.54, 1.807) is 24.1 Å². The largest absolute Gasteiger partial charge is 0.459 e. The van der Waals surface area contributed by atoms with Gasteiger partial charge >= 0.3 is 6.09 Å². The van der Waals surface area contributed by atoms with Crippen molar-refractivity contribution in [3.63, 3.8) is 0 Å². The first-order chi connectivity index (χ1) is 26.4. The van der Waals surface area contributed by atoms with Gasteiger partial charge in [0.1, 0.15) is 30.4 Å². The van der Waals surface area contributed by atoms with Crippen LogP contribution in [-0.2, 0) is 14.3 Å². The lowest BCUT2D eigenvalue weighted by molar-refractivity contribution is -0.253. The molecule has 10 nitrogen and oxygen atoms in total. The average molecular weight is 739 g/mol. The van der Waals surface area contributed by atoms with Crippen molar-refractivity contribution in [3.8, 4) is 17.2 Å². The number of ether oxygens (including phenoxy) is 4. The zero-order chi connectivity index (χ0) is 38.1. The third-order valence-electron chi connectivity index (χ3n) is 11.1. The number of amides is 1. The number of oxime groups is 1. The fraction of sp³-hybridized carbons (Fsp3) is 0.455. The van der Waals surface area contributed by atoms with Crippen molar-refractivity contribution in [1.82, 2.24) is 4.90 Å². The molecule has 0 radical (unpaired) electrons. The molecule has 0 bridgehead atoms. The van der Waals surface area contributed by atoms with E-state index in [1.165, 1.54) is 7.11 Å². The lowest BCUT2D eigenvalue weighted by Crippen LogP contribution is -2.69. The number of aliphatic hydroxyl groups is 2. The quantitative estimate of drug-likeness (QED) is 0.0758. The average Bonchev–Trinajstić information content (AvgIpc) is 3.18. The molecule has 6 atom stereocenters. The highest BCUT2D eigenvalue weighted by molar-refractivity contribution is 6.03. The Morgan fingerprint density at radius 2 is 1.72 bits per heavy atom.